The number of hydrogen-bond acceptors (Lipinski definition) is 5. The SMILES string of the molecule is [C-]#[N+]c1ccc(N2N=C3c4ccc(C(=O)N(C)CCN(C)C)nc4CCC3C2C2CCCC2)cc1Cl. The van der Waals surface area contributed by atoms with Crippen molar-refractivity contribution in [1.29, 1.82) is 0 Å². The molecule has 1 fully saturated rings. The average molecular weight is 505 g/mol. The number of carbonyl (C=O) groups excluding carboxylic acids is 1. The first-order valence-electron chi connectivity index (χ1n) is 12.8. The van der Waals surface area contributed by atoms with E-state index in [0.29, 0.717) is 34.8 Å². The van der Waals surface area contributed by atoms with Crippen molar-refractivity contribution in [3.05, 3.63) is 63.7 Å². The van der Waals surface area contributed by atoms with E-state index in [-0.39, 0.29) is 11.9 Å². The third-order valence-electron chi connectivity index (χ3n) is 7.85. The summed E-state index contributed by atoms with van der Waals surface area (Å²) in [6.07, 6.45) is 6.77. The van der Waals surface area contributed by atoms with E-state index in [4.69, 9.17) is 28.3 Å². The van der Waals surface area contributed by atoms with Gasteiger partial charge in [0.05, 0.1) is 29.7 Å². The van der Waals surface area contributed by atoms with E-state index < -0.39 is 0 Å². The van der Waals surface area contributed by atoms with Crippen LogP contribution in [0.15, 0.2) is 35.4 Å². The van der Waals surface area contributed by atoms with Gasteiger partial charge >= 0.3 is 0 Å². The predicted molar refractivity (Wildman–Crippen MR) is 144 cm³/mol. The molecule has 0 N–H and O–H groups in total. The van der Waals surface area contributed by atoms with Crippen LogP contribution >= 0.6 is 11.6 Å². The van der Waals surface area contributed by atoms with E-state index in [1.165, 1.54) is 25.7 Å². The Hall–Kier alpha value is -2.95. The quantitative estimate of drug-likeness (QED) is 0.503. The van der Waals surface area contributed by atoms with Crippen molar-refractivity contribution in [2.24, 2.45) is 16.9 Å². The normalized spacial score (nSPS) is 21.2. The fourth-order valence-corrected chi connectivity index (χ4v) is 6.14. The molecule has 3 aliphatic rings. The number of benzene rings is 1. The highest BCUT2D eigenvalue weighted by molar-refractivity contribution is 6.33. The number of likely N-dealkylation sites (N-methyl/N-ethyl adjacent to an activating group) is 2. The number of aryl methyl sites for hydroxylation is 1. The summed E-state index contributed by atoms with van der Waals surface area (Å²) >= 11 is 6.42. The van der Waals surface area contributed by atoms with Gasteiger partial charge in [0.2, 0.25) is 5.69 Å². The lowest BCUT2D eigenvalue weighted by atomic mass is 9.76. The van der Waals surface area contributed by atoms with Crippen LogP contribution in [0, 0.1) is 18.4 Å². The molecule has 0 spiro atoms. The fraction of sp³-hybridized carbons (Fsp3) is 0.500. The van der Waals surface area contributed by atoms with Crippen LogP contribution in [-0.2, 0) is 6.42 Å². The lowest BCUT2D eigenvalue weighted by Crippen LogP contribution is -2.41. The van der Waals surface area contributed by atoms with Gasteiger partial charge in [-0.05, 0) is 70.0 Å². The molecule has 0 radical (unpaired) electrons. The Balaban J connectivity index is 1.47. The Kier molecular flexibility index (Phi) is 7.00. The van der Waals surface area contributed by atoms with Crippen LogP contribution in [0.2, 0.25) is 5.02 Å². The van der Waals surface area contributed by atoms with Gasteiger partial charge in [-0.2, -0.15) is 5.10 Å². The molecule has 0 bridgehead atoms. The molecule has 1 aromatic carbocycles. The molecule has 188 valence electrons. The largest absolute Gasteiger partial charge is 0.339 e. The summed E-state index contributed by atoms with van der Waals surface area (Å²) in [5, 5.41) is 7.81. The van der Waals surface area contributed by atoms with Crippen molar-refractivity contribution in [3.63, 3.8) is 0 Å². The Bertz CT molecular complexity index is 1230. The van der Waals surface area contributed by atoms with Gasteiger partial charge in [-0.1, -0.05) is 30.5 Å². The van der Waals surface area contributed by atoms with E-state index in [0.717, 1.165) is 42.0 Å². The first-order valence-corrected chi connectivity index (χ1v) is 13.2. The molecule has 1 saturated carbocycles. The second kappa shape index (κ2) is 10.2. The Morgan fingerprint density at radius 2 is 1.92 bits per heavy atom. The van der Waals surface area contributed by atoms with Crippen molar-refractivity contribution in [2.45, 2.75) is 44.6 Å². The lowest BCUT2D eigenvalue weighted by Gasteiger charge is -2.34. The molecule has 36 heavy (non-hydrogen) atoms. The van der Waals surface area contributed by atoms with E-state index in [2.05, 4.69) is 14.8 Å². The maximum absolute atomic E-state index is 13.0. The van der Waals surface area contributed by atoms with Crippen molar-refractivity contribution in [3.8, 4) is 0 Å². The fourth-order valence-electron chi connectivity index (χ4n) is 5.92. The Morgan fingerprint density at radius 1 is 1.14 bits per heavy atom. The first-order chi connectivity index (χ1) is 17.4. The van der Waals surface area contributed by atoms with Crippen LogP contribution in [-0.4, -0.2) is 66.7 Å². The van der Waals surface area contributed by atoms with Gasteiger partial charge in [-0.25, -0.2) is 9.83 Å². The maximum atomic E-state index is 13.0. The third-order valence-corrected chi connectivity index (χ3v) is 8.15. The number of anilines is 1. The van der Waals surface area contributed by atoms with Gasteiger partial charge in [0.25, 0.3) is 5.91 Å². The number of rotatable bonds is 6. The van der Waals surface area contributed by atoms with Crippen LogP contribution in [0.1, 0.15) is 53.8 Å². The molecule has 1 aromatic heterocycles. The van der Waals surface area contributed by atoms with Crippen molar-refractivity contribution in [1.82, 2.24) is 14.8 Å². The van der Waals surface area contributed by atoms with Crippen LogP contribution in [0.3, 0.4) is 0 Å². The molecule has 2 aromatic rings. The highest BCUT2D eigenvalue weighted by Gasteiger charge is 2.46. The van der Waals surface area contributed by atoms with E-state index >= 15 is 0 Å². The maximum Gasteiger partial charge on any atom is 0.272 e. The molecule has 2 atom stereocenters. The lowest BCUT2D eigenvalue weighted by molar-refractivity contribution is 0.0780. The second-order valence-electron chi connectivity index (χ2n) is 10.5. The molecular weight excluding hydrogens is 472 g/mol. The summed E-state index contributed by atoms with van der Waals surface area (Å²) in [7, 11) is 5.84. The minimum absolute atomic E-state index is 0.0462. The number of aromatic nitrogens is 1. The van der Waals surface area contributed by atoms with Crippen LogP contribution in [0.25, 0.3) is 4.85 Å². The molecule has 7 nitrogen and oxygen atoms in total. The van der Waals surface area contributed by atoms with E-state index in [9.17, 15) is 4.79 Å². The number of carbonyl (C=O) groups is 1. The number of pyridine rings is 1. The monoisotopic (exact) mass is 504 g/mol. The molecule has 1 amide bonds. The van der Waals surface area contributed by atoms with Crippen molar-refractivity contribution < 1.29 is 4.79 Å². The van der Waals surface area contributed by atoms with Gasteiger partial charge < -0.3 is 9.80 Å². The zero-order valence-corrected chi connectivity index (χ0v) is 22.0. The number of hydrogen-bond donors (Lipinski definition) is 0. The summed E-state index contributed by atoms with van der Waals surface area (Å²) in [6.45, 7) is 8.80. The minimum Gasteiger partial charge on any atom is -0.339 e. The molecule has 2 unspecified atom stereocenters. The molecule has 1 aliphatic heterocycles. The molecule has 8 heteroatoms. The Labute approximate surface area is 218 Å². The van der Waals surface area contributed by atoms with E-state index in [1.54, 1.807) is 11.0 Å². The molecule has 0 saturated heterocycles. The molecule has 2 heterocycles. The number of halogens is 1. The topological polar surface area (TPSA) is 56.4 Å². The molecule has 5 rings (SSSR count). The number of fused-ring (bicyclic) bond motifs is 3. The summed E-state index contributed by atoms with van der Waals surface area (Å²) in [4.78, 5) is 25.1. The zero-order valence-electron chi connectivity index (χ0n) is 21.2. The summed E-state index contributed by atoms with van der Waals surface area (Å²) in [6, 6.07) is 9.82. The molecule has 2 aliphatic carbocycles. The van der Waals surface area contributed by atoms with Gasteiger partial charge in [-0.15, -0.1) is 0 Å². The third kappa shape index (κ3) is 4.60. The second-order valence-corrected chi connectivity index (χ2v) is 10.9. The van der Waals surface area contributed by atoms with Gasteiger partial charge in [0.1, 0.15) is 5.69 Å². The minimum atomic E-state index is -0.0462. The smallest absolute Gasteiger partial charge is 0.272 e. The first kappa shape index (κ1) is 24.7. The predicted octanol–water partition coefficient (Wildman–Crippen LogP) is 5.26. The highest BCUT2D eigenvalue weighted by atomic mass is 35.5. The van der Waals surface area contributed by atoms with Crippen LogP contribution in [0.5, 0.6) is 0 Å². The summed E-state index contributed by atoms with van der Waals surface area (Å²) < 4.78 is 0. The summed E-state index contributed by atoms with van der Waals surface area (Å²) in [5.74, 6) is 0.859. The van der Waals surface area contributed by atoms with E-state index in [1.807, 2.05) is 45.4 Å². The number of hydrazone groups is 1. The highest BCUT2D eigenvalue weighted by Crippen LogP contribution is 2.45. The standard InChI is InChI=1S/C28H33ClN6O/c1-30-24-12-9-19(17-22(24)29)35-27(18-7-5-6-8-18)21-11-13-23-20(26(21)32-35)10-14-25(31-23)28(36)34(4)16-15-33(2)3/h9-10,12,14,17-18,21,27H,5-8,11,13,15-16H2,2-4H3. The zero-order chi connectivity index (χ0) is 25.4. The Morgan fingerprint density at radius 3 is 2.61 bits per heavy atom. The summed E-state index contributed by atoms with van der Waals surface area (Å²) in [5.41, 5.74) is 5.00. The number of nitrogens with zero attached hydrogens (tertiary/aromatic N) is 6. The molecular formula is C28H33ClN6O. The van der Waals surface area contributed by atoms with Gasteiger partial charge in [-0.3, -0.25) is 9.80 Å². The van der Waals surface area contributed by atoms with Crippen molar-refractivity contribution >= 4 is 34.6 Å². The van der Waals surface area contributed by atoms with Crippen LogP contribution in [0.4, 0.5) is 11.4 Å². The number of amides is 1. The van der Waals surface area contributed by atoms with Gasteiger partial charge in [0, 0.05) is 36.6 Å². The van der Waals surface area contributed by atoms with Crippen LogP contribution < -0.4 is 5.01 Å². The van der Waals surface area contributed by atoms with Crippen molar-refractivity contribution in [2.75, 3.05) is 39.2 Å². The van der Waals surface area contributed by atoms with Gasteiger partial charge in [0.15, 0.2) is 0 Å². The average Bonchev–Trinajstić information content (AvgIpc) is 3.54.